The number of benzene rings is 2. The summed E-state index contributed by atoms with van der Waals surface area (Å²) in [5, 5.41) is 5.58. The Hall–Kier alpha value is -3.25. The van der Waals surface area contributed by atoms with Crippen LogP contribution in [0.2, 0.25) is 0 Å². The maximum Gasteiger partial charge on any atom is 0.271 e. The highest BCUT2D eigenvalue weighted by molar-refractivity contribution is 7.13. The number of aromatic nitrogens is 3. The number of amides is 1. The minimum atomic E-state index is -0.157. The molecule has 0 saturated carbocycles. The van der Waals surface area contributed by atoms with E-state index in [2.05, 4.69) is 27.4 Å². The van der Waals surface area contributed by atoms with E-state index in [0.29, 0.717) is 12.2 Å². The van der Waals surface area contributed by atoms with Gasteiger partial charge in [0.2, 0.25) is 0 Å². The van der Waals surface area contributed by atoms with Gasteiger partial charge in [-0.15, -0.1) is 11.3 Å². The number of hydrogen-bond donors (Lipinski definition) is 1. The molecule has 0 unspecified atom stereocenters. The fourth-order valence-corrected chi connectivity index (χ4v) is 3.52. The first-order valence-corrected chi connectivity index (χ1v) is 9.48. The molecule has 0 aliphatic carbocycles. The third-order valence-corrected chi connectivity index (χ3v) is 5.05. The van der Waals surface area contributed by atoms with E-state index in [1.807, 2.05) is 53.2 Å². The first kappa shape index (κ1) is 17.2. The van der Waals surface area contributed by atoms with Crippen LogP contribution in [0.1, 0.15) is 21.6 Å². The Morgan fingerprint density at radius 2 is 1.81 bits per heavy atom. The quantitative estimate of drug-likeness (QED) is 0.555. The molecule has 0 aliphatic heterocycles. The summed E-state index contributed by atoms with van der Waals surface area (Å²) in [7, 11) is 0. The summed E-state index contributed by atoms with van der Waals surface area (Å²) < 4.78 is 2.02. The SMILES string of the molecule is O=C(NCc1ccc(Cn2ccnc2)cc1)c1csc(-c2ccccc2)n1. The standard InChI is InChI=1S/C21H18N4OS/c26-20(19-14-27-21(24-19)18-4-2-1-3-5-18)23-12-16-6-8-17(9-7-16)13-25-11-10-22-15-25/h1-11,14-15H,12-13H2,(H,23,26). The molecule has 0 spiro atoms. The first-order valence-electron chi connectivity index (χ1n) is 8.60. The molecule has 4 rings (SSSR count). The van der Waals surface area contributed by atoms with Gasteiger partial charge in [0.15, 0.2) is 0 Å². The van der Waals surface area contributed by atoms with Gasteiger partial charge in [0.25, 0.3) is 5.91 Å². The Kier molecular flexibility index (Phi) is 5.07. The van der Waals surface area contributed by atoms with Crippen LogP contribution in [0.3, 0.4) is 0 Å². The van der Waals surface area contributed by atoms with Gasteiger partial charge in [-0.3, -0.25) is 4.79 Å². The average Bonchev–Trinajstić information content (AvgIpc) is 3.40. The molecule has 4 aromatic rings. The number of rotatable bonds is 6. The molecule has 0 radical (unpaired) electrons. The van der Waals surface area contributed by atoms with Crippen LogP contribution in [0.15, 0.2) is 78.7 Å². The van der Waals surface area contributed by atoms with Gasteiger partial charge in [-0.2, -0.15) is 0 Å². The minimum Gasteiger partial charge on any atom is -0.347 e. The maximum absolute atomic E-state index is 12.4. The summed E-state index contributed by atoms with van der Waals surface area (Å²) in [5.41, 5.74) is 3.72. The fraction of sp³-hybridized carbons (Fsp3) is 0.0952. The highest BCUT2D eigenvalue weighted by atomic mass is 32.1. The fourth-order valence-electron chi connectivity index (χ4n) is 2.72. The van der Waals surface area contributed by atoms with Crippen molar-refractivity contribution >= 4 is 17.2 Å². The van der Waals surface area contributed by atoms with E-state index in [0.717, 1.165) is 22.7 Å². The van der Waals surface area contributed by atoms with E-state index in [1.165, 1.54) is 16.9 Å². The Bertz CT molecular complexity index is 1010. The number of hydrogen-bond acceptors (Lipinski definition) is 4. The van der Waals surface area contributed by atoms with E-state index < -0.39 is 0 Å². The van der Waals surface area contributed by atoms with Gasteiger partial charge in [0, 0.05) is 36.4 Å². The number of nitrogens with zero attached hydrogens (tertiary/aromatic N) is 3. The second kappa shape index (κ2) is 7.97. The van der Waals surface area contributed by atoms with E-state index in [-0.39, 0.29) is 5.91 Å². The smallest absolute Gasteiger partial charge is 0.271 e. The van der Waals surface area contributed by atoms with Crippen molar-refractivity contribution in [1.82, 2.24) is 19.9 Å². The molecule has 134 valence electrons. The normalized spacial score (nSPS) is 10.7. The molecular formula is C21H18N4OS. The molecule has 0 aliphatic rings. The number of carbonyl (C=O) groups excluding carboxylic acids is 1. The van der Waals surface area contributed by atoms with Crippen LogP contribution in [-0.4, -0.2) is 20.4 Å². The molecular weight excluding hydrogens is 356 g/mol. The summed E-state index contributed by atoms with van der Waals surface area (Å²) >= 11 is 1.48. The van der Waals surface area contributed by atoms with Crippen LogP contribution >= 0.6 is 11.3 Å². The zero-order chi connectivity index (χ0) is 18.5. The van der Waals surface area contributed by atoms with Crippen molar-refractivity contribution in [2.45, 2.75) is 13.1 Å². The van der Waals surface area contributed by atoms with Crippen LogP contribution in [0.4, 0.5) is 0 Å². The highest BCUT2D eigenvalue weighted by Gasteiger charge is 2.11. The third-order valence-electron chi connectivity index (χ3n) is 4.16. The molecule has 0 atom stereocenters. The highest BCUT2D eigenvalue weighted by Crippen LogP contribution is 2.23. The van der Waals surface area contributed by atoms with Crippen LogP contribution in [-0.2, 0) is 13.1 Å². The van der Waals surface area contributed by atoms with Gasteiger partial charge in [0.1, 0.15) is 10.7 Å². The van der Waals surface area contributed by atoms with Crippen molar-refractivity contribution < 1.29 is 4.79 Å². The zero-order valence-corrected chi connectivity index (χ0v) is 15.4. The molecule has 5 nitrogen and oxygen atoms in total. The molecule has 1 N–H and O–H groups in total. The van der Waals surface area contributed by atoms with Crippen molar-refractivity contribution in [2.24, 2.45) is 0 Å². The zero-order valence-electron chi connectivity index (χ0n) is 14.6. The Morgan fingerprint density at radius 1 is 1.04 bits per heavy atom. The lowest BCUT2D eigenvalue weighted by molar-refractivity contribution is 0.0946. The van der Waals surface area contributed by atoms with E-state index >= 15 is 0 Å². The number of carbonyl (C=O) groups is 1. The molecule has 0 saturated heterocycles. The predicted molar refractivity (Wildman–Crippen MR) is 106 cm³/mol. The summed E-state index contributed by atoms with van der Waals surface area (Å²) in [4.78, 5) is 20.9. The molecule has 0 fully saturated rings. The van der Waals surface area contributed by atoms with Crippen molar-refractivity contribution in [2.75, 3.05) is 0 Å². The monoisotopic (exact) mass is 374 g/mol. The van der Waals surface area contributed by atoms with Gasteiger partial charge >= 0.3 is 0 Å². The van der Waals surface area contributed by atoms with E-state index in [4.69, 9.17) is 0 Å². The van der Waals surface area contributed by atoms with Crippen LogP contribution < -0.4 is 5.32 Å². The largest absolute Gasteiger partial charge is 0.347 e. The lowest BCUT2D eigenvalue weighted by atomic mass is 10.1. The number of nitrogens with one attached hydrogen (secondary N) is 1. The Labute approximate surface area is 161 Å². The molecule has 2 heterocycles. The van der Waals surface area contributed by atoms with Crippen LogP contribution in [0.25, 0.3) is 10.6 Å². The summed E-state index contributed by atoms with van der Waals surface area (Å²) in [6.07, 6.45) is 5.50. The number of imidazole rings is 1. The molecule has 2 aromatic heterocycles. The summed E-state index contributed by atoms with van der Waals surface area (Å²) in [5.74, 6) is -0.157. The molecule has 6 heteroatoms. The topological polar surface area (TPSA) is 59.8 Å². The third kappa shape index (κ3) is 4.30. The van der Waals surface area contributed by atoms with Crippen molar-refractivity contribution in [3.05, 3.63) is 95.5 Å². The van der Waals surface area contributed by atoms with Crippen LogP contribution in [0, 0.1) is 0 Å². The lowest BCUT2D eigenvalue weighted by Gasteiger charge is -2.06. The first-order chi connectivity index (χ1) is 13.3. The van der Waals surface area contributed by atoms with E-state index in [9.17, 15) is 4.79 Å². The van der Waals surface area contributed by atoms with Crippen molar-refractivity contribution in [3.63, 3.8) is 0 Å². The predicted octanol–water partition coefficient (Wildman–Crippen LogP) is 3.98. The van der Waals surface area contributed by atoms with E-state index in [1.54, 1.807) is 17.9 Å². The molecule has 0 bridgehead atoms. The van der Waals surface area contributed by atoms with Gasteiger partial charge in [0.05, 0.1) is 6.33 Å². The van der Waals surface area contributed by atoms with Crippen LogP contribution in [0.5, 0.6) is 0 Å². The van der Waals surface area contributed by atoms with Gasteiger partial charge in [-0.1, -0.05) is 54.6 Å². The average molecular weight is 374 g/mol. The molecule has 27 heavy (non-hydrogen) atoms. The van der Waals surface area contributed by atoms with Gasteiger partial charge in [-0.05, 0) is 11.1 Å². The lowest BCUT2D eigenvalue weighted by Crippen LogP contribution is -2.23. The molecule has 1 amide bonds. The Morgan fingerprint density at radius 3 is 2.56 bits per heavy atom. The second-order valence-corrected chi connectivity index (χ2v) is 7.00. The number of thiazole rings is 1. The summed E-state index contributed by atoms with van der Waals surface area (Å²) in [6.45, 7) is 1.26. The van der Waals surface area contributed by atoms with Gasteiger partial charge in [-0.25, -0.2) is 9.97 Å². The van der Waals surface area contributed by atoms with Gasteiger partial charge < -0.3 is 9.88 Å². The summed E-state index contributed by atoms with van der Waals surface area (Å²) in [6, 6.07) is 18.1. The molecule has 2 aromatic carbocycles. The second-order valence-electron chi connectivity index (χ2n) is 6.14. The maximum atomic E-state index is 12.4. The van der Waals surface area contributed by atoms with Crippen molar-refractivity contribution in [3.8, 4) is 10.6 Å². The van der Waals surface area contributed by atoms with Crippen molar-refractivity contribution in [1.29, 1.82) is 0 Å². The Balaban J connectivity index is 1.34. The minimum absolute atomic E-state index is 0.157.